The summed E-state index contributed by atoms with van der Waals surface area (Å²) < 4.78 is 10.1. The number of nitrogens with zero attached hydrogens (tertiary/aromatic N) is 1. The lowest BCUT2D eigenvalue weighted by atomic mass is 9.98. The number of nitrogens with one attached hydrogen (secondary N) is 1. The molecule has 6 nitrogen and oxygen atoms in total. The highest BCUT2D eigenvalue weighted by Gasteiger charge is 2.28. The molecule has 0 fully saturated rings. The molecule has 32 heavy (non-hydrogen) atoms. The van der Waals surface area contributed by atoms with Gasteiger partial charge in [0.15, 0.2) is 0 Å². The minimum absolute atomic E-state index is 0.0495. The number of carbonyl (C=O) groups is 2. The van der Waals surface area contributed by atoms with Crippen LogP contribution in [0, 0.1) is 0 Å². The summed E-state index contributed by atoms with van der Waals surface area (Å²) in [5.74, 6) is -0.415. The van der Waals surface area contributed by atoms with E-state index in [1.165, 1.54) is 29.4 Å². The monoisotopic (exact) mass is 428 g/mol. The van der Waals surface area contributed by atoms with E-state index in [9.17, 15) is 9.59 Å². The molecule has 2 aromatic carbocycles. The highest BCUT2D eigenvalue weighted by Crippen LogP contribution is 2.44. The molecule has 6 heteroatoms. The number of hydrogen-bond acceptors (Lipinski definition) is 5. The van der Waals surface area contributed by atoms with Crippen LogP contribution in [0.1, 0.15) is 39.5 Å². The van der Waals surface area contributed by atoms with E-state index in [1.807, 2.05) is 36.4 Å². The van der Waals surface area contributed by atoms with Gasteiger partial charge in [-0.3, -0.25) is 0 Å². The van der Waals surface area contributed by atoms with Crippen molar-refractivity contribution in [1.29, 1.82) is 0 Å². The van der Waals surface area contributed by atoms with Crippen LogP contribution in [0.4, 0.5) is 4.79 Å². The number of alkyl carbamates (subject to hydrolysis) is 1. The van der Waals surface area contributed by atoms with Gasteiger partial charge in [-0.15, -0.1) is 0 Å². The first kappa shape index (κ1) is 21.3. The fourth-order valence-electron chi connectivity index (χ4n) is 3.86. The van der Waals surface area contributed by atoms with Gasteiger partial charge in [0.05, 0.1) is 7.11 Å². The second-order valence-corrected chi connectivity index (χ2v) is 7.41. The van der Waals surface area contributed by atoms with Crippen LogP contribution in [0.5, 0.6) is 0 Å². The third-order valence-electron chi connectivity index (χ3n) is 5.42. The van der Waals surface area contributed by atoms with Crippen LogP contribution in [0.2, 0.25) is 0 Å². The van der Waals surface area contributed by atoms with E-state index in [0.29, 0.717) is 19.6 Å². The maximum Gasteiger partial charge on any atom is 0.407 e. The van der Waals surface area contributed by atoms with Crippen molar-refractivity contribution in [3.8, 4) is 11.1 Å². The fraction of sp³-hybridized carbons (Fsp3) is 0.192. The zero-order valence-electron chi connectivity index (χ0n) is 17.8. The molecule has 0 aliphatic heterocycles. The first-order chi connectivity index (χ1) is 15.7. The summed E-state index contributed by atoms with van der Waals surface area (Å²) in [7, 11) is 1.32. The van der Waals surface area contributed by atoms with Crippen LogP contribution in [0.3, 0.4) is 0 Å². The second-order valence-electron chi connectivity index (χ2n) is 7.41. The summed E-state index contributed by atoms with van der Waals surface area (Å²) in [6, 6.07) is 19.9. The van der Waals surface area contributed by atoms with Gasteiger partial charge >= 0.3 is 12.1 Å². The molecule has 1 heterocycles. The average Bonchev–Trinajstić information content (AvgIpc) is 3.16. The Morgan fingerprint density at radius 3 is 2.31 bits per heavy atom. The van der Waals surface area contributed by atoms with Gasteiger partial charge in [0.1, 0.15) is 12.3 Å². The normalized spacial score (nSPS) is 12.3. The predicted molar refractivity (Wildman–Crippen MR) is 122 cm³/mol. The second kappa shape index (κ2) is 9.92. The summed E-state index contributed by atoms with van der Waals surface area (Å²) >= 11 is 0. The number of hydrogen-bond donors (Lipinski definition) is 1. The van der Waals surface area contributed by atoms with E-state index in [0.717, 1.165) is 5.56 Å². The number of methoxy groups -OCH3 is 1. The van der Waals surface area contributed by atoms with Gasteiger partial charge in [-0.05, 0) is 40.3 Å². The van der Waals surface area contributed by atoms with Crippen molar-refractivity contribution in [2.24, 2.45) is 0 Å². The molecular formula is C26H24N2O4. The third-order valence-corrected chi connectivity index (χ3v) is 5.42. The van der Waals surface area contributed by atoms with E-state index < -0.39 is 12.1 Å². The van der Waals surface area contributed by atoms with Crippen LogP contribution in [0.15, 0.2) is 72.9 Å². The Hall–Kier alpha value is -3.93. The quantitative estimate of drug-likeness (QED) is 0.432. The average molecular weight is 428 g/mol. The maximum absolute atomic E-state index is 12.2. The molecule has 1 amide bonds. The van der Waals surface area contributed by atoms with Gasteiger partial charge in [0, 0.05) is 18.7 Å². The molecule has 0 unspecified atom stereocenters. The molecule has 3 aromatic rings. The van der Waals surface area contributed by atoms with Crippen LogP contribution in [-0.4, -0.2) is 37.3 Å². The van der Waals surface area contributed by atoms with Gasteiger partial charge in [0.25, 0.3) is 0 Å². The third kappa shape index (κ3) is 4.70. The fourth-order valence-corrected chi connectivity index (χ4v) is 3.86. The van der Waals surface area contributed by atoms with Crippen molar-refractivity contribution in [1.82, 2.24) is 10.3 Å². The topological polar surface area (TPSA) is 77.5 Å². The van der Waals surface area contributed by atoms with Gasteiger partial charge in [-0.1, -0.05) is 66.7 Å². The number of carbonyl (C=O) groups excluding carboxylic acids is 2. The number of pyridine rings is 1. The zero-order chi connectivity index (χ0) is 22.3. The molecule has 0 radical (unpaired) electrons. The first-order valence-corrected chi connectivity index (χ1v) is 10.5. The molecule has 0 atom stereocenters. The van der Waals surface area contributed by atoms with Crippen LogP contribution >= 0.6 is 0 Å². The number of ether oxygens (including phenoxy) is 2. The van der Waals surface area contributed by atoms with E-state index in [-0.39, 0.29) is 11.6 Å². The van der Waals surface area contributed by atoms with Crippen LogP contribution in [-0.2, 0) is 9.47 Å². The summed E-state index contributed by atoms with van der Waals surface area (Å²) in [6.45, 7) is 0.759. The Labute approximate surface area is 186 Å². The van der Waals surface area contributed by atoms with Crippen molar-refractivity contribution >= 4 is 18.1 Å². The molecule has 0 bridgehead atoms. The molecule has 162 valence electrons. The van der Waals surface area contributed by atoms with Crippen molar-refractivity contribution in [2.75, 3.05) is 20.3 Å². The van der Waals surface area contributed by atoms with E-state index in [4.69, 9.17) is 4.74 Å². The highest BCUT2D eigenvalue weighted by molar-refractivity contribution is 5.87. The molecule has 0 saturated heterocycles. The Morgan fingerprint density at radius 2 is 1.69 bits per heavy atom. The molecule has 1 aliphatic carbocycles. The lowest BCUT2D eigenvalue weighted by molar-refractivity contribution is 0.0594. The summed E-state index contributed by atoms with van der Waals surface area (Å²) in [4.78, 5) is 27.6. The number of fused-ring (bicyclic) bond motifs is 3. The molecular weight excluding hydrogens is 404 g/mol. The number of esters is 1. The van der Waals surface area contributed by atoms with E-state index >= 15 is 0 Å². The predicted octanol–water partition coefficient (Wildman–Crippen LogP) is 4.81. The van der Waals surface area contributed by atoms with Crippen LogP contribution in [0.25, 0.3) is 17.2 Å². The highest BCUT2D eigenvalue weighted by atomic mass is 16.5. The first-order valence-electron chi connectivity index (χ1n) is 10.5. The van der Waals surface area contributed by atoms with Crippen LogP contribution < -0.4 is 5.32 Å². The van der Waals surface area contributed by atoms with Crippen molar-refractivity contribution in [3.63, 3.8) is 0 Å². The lowest BCUT2D eigenvalue weighted by Gasteiger charge is -2.14. The Kier molecular flexibility index (Phi) is 6.60. The van der Waals surface area contributed by atoms with Gasteiger partial charge in [-0.25, -0.2) is 14.6 Å². The van der Waals surface area contributed by atoms with Crippen molar-refractivity contribution in [2.45, 2.75) is 12.3 Å². The zero-order valence-corrected chi connectivity index (χ0v) is 17.8. The molecule has 4 rings (SSSR count). The number of amides is 1. The minimum Gasteiger partial charge on any atom is -0.464 e. The summed E-state index contributed by atoms with van der Waals surface area (Å²) in [5, 5.41) is 2.78. The molecule has 1 N–H and O–H groups in total. The summed E-state index contributed by atoms with van der Waals surface area (Å²) in [6.07, 6.45) is 5.63. The van der Waals surface area contributed by atoms with Crippen molar-refractivity contribution in [3.05, 3.63) is 95.3 Å². The smallest absolute Gasteiger partial charge is 0.407 e. The number of aromatic nitrogens is 1. The molecule has 0 spiro atoms. The van der Waals surface area contributed by atoms with Gasteiger partial charge in [-0.2, -0.15) is 0 Å². The number of rotatable bonds is 7. The van der Waals surface area contributed by atoms with Gasteiger partial charge in [0.2, 0.25) is 0 Å². The standard InChI is InChI=1S/C26H24N2O4/c1-31-25(29)24-14-13-18(16-28-24)8-6-7-15-27-26(30)32-17-23-21-11-4-2-9-19(21)20-10-3-5-12-22(20)23/h2-6,8-14,16,23H,7,15,17H2,1H3,(H,27,30). The minimum atomic E-state index is -0.465. The Morgan fingerprint density at radius 1 is 1.00 bits per heavy atom. The van der Waals surface area contributed by atoms with E-state index in [2.05, 4.69) is 39.3 Å². The molecule has 0 saturated carbocycles. The largest absolute Gasteiger partial charge is 0.464 e. The number of benzene rings is 2. The Balaban J connectivity index is 1.24. The maximum atomic E-state index is 12.2. The summed E-state index contributed by atoms with van der Waals surface area (Å²) in [5.41, 5.74) is 5.92. The van der Waals surface area contributed by atoms with E-state index in [1.54, 1.807) is 18.3 Å². The Bertz CT molecular complexity index is 1090. The SMILES string of the molecule is COC(=O)c1ccc(C=CCCNC(=O)OCC2c3ccccc3-c3ccccc32)cn1. The molecule has 1 aliphatic rings. The van der Waals surface area contributed by atoms with Crippen molar-refractivity contribution < 1.29 is 19.1 Å². The lowest BCUT2D eigenvalue weighted by Crippen LogP contribution is -2.26. The molecule has 1 aromatic heterocycles. The van der Waals surface area contributed by atoms with Gasteiger partial charge < -0.3 is 14.8 Å².